The summed E-state index contributed by atoms with van der Waals surface area (Å²) in [7, 11) is 0. The molecule has 16 heavy (non-hydrogen) atoms. The molecule has 0 amide bonds. The molecular weight excluding hydrogens is 198 g/mol. The van der Waals surface area contributed by atoms with Gasteiger partial charge in [-0.3, -0.25) is 0 Å². The first-order chi connectivity index (χ1) is 7.79. The van der Waals surface area contributed by atoms with E-state index in [1.165, 1.54) is 31.2 Å². The Morgan fingerprint density at radius 1 is 1.31 bits per heavy atom. The SMILES string of the molecule is Cc1ccc(CN)c(OCC2CCCC2)c1. The molecule has 0 heterocycles. The smallest absolute Gasteiger partial charge is 0.124 e. The molecule has 2 nitrogen and oxygen atoms in total. The van der Waals surface area contributed by atoms with E-state index in [0.29, 0.717) is 6.54 Å². The molecule has 0 unspecified atom stereocenters. The number of nitrogens with two attached hydrogens (primary N) is 1. The number of hydrogen-bond donors (Lipinski definition) is 1. The van der Waals surface area contributed by atoms with Crippen molar-refractivity contribution in [2.75, 3.05) is 6.61 Å². The van der Waals surface area contributed by atoms with Crippen molar-refractivity contribution in [1.29, 1.82) is 0 Å². The highest BCUT2D eigenvalue weighted by Gasteiger charge is 2.16. The Balaban J connectivity index is 1.98. The first-order valence-corrected chi connectivity index (χ1v) is 6.22. The second-order valence-corrected chi connectivity index (χ2v) is 4.78. The predicted molar refractivity (Wildman–Crippen MR) is 66.5 cm³/mol. The molecule has 0 atom stereocenters. The van der Waals surface area contributed by atoms with Crippen LogP contribution >= 0.6 is 0 Å². The van der Waals surface area contributed by atoms with Crippen molar-refractivity contribution in [1.82, 2.24) is 0 Å². The monoisotopic (exact) mass is 219 g/mol. The molecule has 0 radical (unpaired) electrons. The molecule has 1 fully saturated rings. The fourth-order valence-corrected chi connectivity index (χ4v) is 2.35. The van der Waals surface area contributed by atoms with Crippen LogP contribution in [0.3, 0.4) is 0 Å². The van der Waals surface area contributed by atoms with E-state index >= 15 is 0 Å². The van der Waals surface area contributed by atoms with Crippen LogP contribution < -0.4 is 10.5 Å². The number of rotatable bonds is 4. The Morgan fingerprint density at radius 2 is 2.06 bits per heavy atom. The van der Waals surface area contributed by atoms with Crippen LogP contribution in [-0.4, -0.2) is 6.61 Å². The standard InChI is InChI=1S/C14H21NO/c1-11-6-7-13(9-15)14(8-11)16-10-12-4-2-3-5-12/h6-8,12H,2-5,9-10,15H2,1H3. The fraction of sp³-hybridized carbons (Fsp3) is 0.571. The molecule has 0 saturated heterocycles. The number of ether oxygens (including phenoxy) is 1. The molecule has 1 aliphatic rings. The maximum Gasteiger partial charge on any atom is 0.124 e. The molecule has 1 aliphatic carbocycles. The Morgan fingerprint density at radius 3 is 2.75 bits per heavy atom. The first kappa shape index (κ1) is 11.5. The van der Waals surface area contributed by atoms with E-state index in [9.17, 15) is 0 Å². The molecule has 2 N–H and O–H groups in total. The van der Waals surface area contributed by atoms with E-state index < -0.39 is 0 Å². The quantitative estimate of drug-likeness (QED) is 0.844. The lowest BCUT2D eigenvalue weighted by molar-refractivity contribution is 0.250. The molecule has 1 saturated carbocycles. The third-order valence-electron chi connectivity index (χ3n) is 3.39. The highest BCUT2D eigenvalue weighted by Crippen LogP contribution is 2.27. The Hall–Kier alpha value is -1.02. The number of aryl methyl sites for hydroxylation is 1. The molecule has 0 aliphatic heterocycles. The molecular formula is C14H21NO. The van der Waals surface area contributed by atoms with Gasteiger partial charge in [-0.25, -0.2) is 0 Å². The van der Waals surface area contributed by atoms with Gasteiger partial charge in [-0.05, 0) is 37.3 Å². The summed E-state index contributed by atoms with van der Waals surface area (Å²) in [5.74, 6) is 1.74. The summed E-state index contributed by atoms with van der Waals surface area (Å²) in [6.07, 6.45) is 5.38. The summed E-state index contributed by atoms with van der Waals surface area (Å²) in [5, 5.41) is 0. The Labute approximate surface area is 97.8 Å². The molecule has 0 spiro atoms. The van der Waals surface area contributed by atoms with E-state index in [4.69, 9.17) is 10.5 Å². The highest BCUT2D eigenvalue weighted by molar-refractivity contribution is 5.36. The minimum absolute atomic E-state index is 0.556. The second-order valence-electron chi connectivity index (χ2n) is 4.78. The van der Waals surface area contributed by atoms with Crippen LogP contribution in [0.15, 0.2) is 18.2 Å². The molecule has 2 heteroatoms. The van der Waals surface area contributed by atoms with Crippen molar-refractivity contribution in [3.8, 4) is 5.75 Å². The van der Waals surface area contributed by atoms with Crippen molar-refractivity contribution < 1.29 is 4.74 Å². The summed E-state index contributed by atoms with van der Waals surface area (Å²) in [4.78, 5) is 0. The van der Waals surface area contributed by atoms with E-state index in [1.54, 1.807) is 0 Å². The molecule has 88 valence electrons. The Bertz CT molecular complexity index is 343. The van der Waals surface area contributed by atoms with E-state index in [2.05, 4.69) is 25.1 Å². The minimum atomic E-state index is 0.556. The summed E-state index contributed by atoms with van der Waals surface area (Å²) in [5.41, 5.74) is 8.05. The predicted octanol–water partition coefficient (Wildman–Crippen LogP) is 3.02. The van der Waals surface area contributed by atoms with Gasteiger partial charge < -0.3 is 10.5 Å². The van der Waals surface area contributed by atoms with E-state index in [0.717, 1.165) is 23.8 Å². The van der Waals surface area contributed by atoms with Crippen LogP contribution in [-0.2, 0) is 6.54 Å². The van der Waals surface area contributed by atoms with Crippen LogP contribution in [0.4, 0.5) is 0 Å². The van der Waals surface area contributed by atoms with Crippen LogP contribution in [0.1, 0.15) is 36.8 Å². The largest absolute Gasteiger partial charge is 0.493 e. The van der Waals surface area contributed by atoms with Crippen molar-refractivity contribution >= 4 is 0 Å². The third-order valence-corrected chi connectivity index (χ3v) is 3.39. The maximum absolute atomic E-state index is 5.91. The lowest BCUT2D eigenvalue weighted by atomic mass is 10.1. The van der Waals surface area contributed by atoms with E-state index in [1.807, 2.05) is 0 Å². The summed E-state index contributed by atoms with van der Waals surface area (Å²) >= 11 is 0. The van der Waals surface area contributed by atoms with Crippen molar-refractivity contribution in [2.45, 2.75) is 39.2 Å². The molecule has 0 aromatic heterocycles. The molecule has 2 rings (SSSR count). The fourth-order valence-electron chi connectivity index (χ4n) is 2.35. The Kier molecular flexibility index (Phi) is 3.83. The lowest BCUT2D eigenvalue weighted by Gasteiger charge is -2.14. The number of benzene rings is 1. The molecule has 1 aromatic carbocycles. The van der Waals surface area contributed by atoms with Gasteiger partial charge in [0.2, 0.25) is 0 Å². The topological polar surface area (TPSA) is 35.2 Å². The van der Waals surface area contributed by atoms with Gasteiger partial charge in [0.15, 0.2) is 0 Å². The average Bonchev–Trinajstić information content (AvgIpc) is 2.79. The van der Waals surface area contributed by atoms with Gasteiger partial charge in [0.25, 0.3) is 0 Å². The minimum Gasteiger partial charge on any atom is -0.493 e. The van der Waals surface area contributed by atoms with Crippen LogP contribution in [0, 0.1) is 12.8 Å². The van der Waals surface area contributed by atoms with Crippen molar-refractivity contribution in [2.24, 2.45) is 11.7 Å². The van der Waals surface area contributed by atoms with Gasteiger partial charge in [0, 0.05) is 12.1 Å². The molecule has 1 aromatic rings. The van der Waals surface area contributed by atoms with Gasteiger partial charge in [-0.1, -0.05) is 25.0 Å². The van der Waals surface area contributed by atoms with Crippen LogP contribution in [0.25, 0.3) is 0 Å². The number of hydrogen-bond acceptors (Lipinski definition) is 2. The first-order valence-electron chi connectivity index (χ1n) is 6.22. The van der Waals surface area contributed by atoms with Gasteiger partial charge in [0.05, 0.1) is 6.61 Å². The van der Waals surface area contributed by atoms with Crippen molar-refractivity contribution in [3.05, 3.63) is 29.3 Å². The van der Waals surface area contributed by atoms with Gasteiger partial charge >= 0.3 is 0 Å². The normalized spacial score (nSPS) is 16.6. The zero-order chi connectivity index (χ0) is 11.4. The highest BCUT2D eigenvalue weighted by atomic mass is 16.5. The van der Waals surface area contributed by atoms with Gasteiger partial charge in [0.1, 0.15) is 5.75 Å². The van der Waals surface area contributed by atoms with E-state index in [-0.39, 0.29) is 0 Å². The van der Waals surface area contributed by atoms with Crippen molar-refractivity contribution in [3.63, 3.8) is 0 Å². The van der Waals surface area contributed by atoms with Gasteiger partial charge in [-0.15, -0.1) is 0 Å². The van der Waals surface area contributed by atoms with Crippen LogP contribution in [0.5, 0.6) is 5.75 Å². The molecule has 0 bridgehead atoms. The zero-order valence-electron chi connectivity index (χ0n) is 10.0. The zero-order valence-corrected chi connectivity index (χ0v) is 10.0. The second kappa shape index (κ2) is 5.35. The maximum atomic E-state index is 5.91. The van der Waals surface area contributed by atoms with Gasteiger partial charge in [-0.2, -0.15) is 0 Å². The summed E-state index contributed by atoms with van der Waals surface area (Å²) in [6.45, 7) is 3.50. The lowest BCUT2D eigenvalue weighted by Crippen LogP contribution is -2.10. The summed E-state index contributed by atoms with van der Waals surface area (Å²) in [6, 6.07) is 6.25. The average molecular weight is 219 g/mol. The third kappa shape index (κ3) is 2.76. The van der Waals surface area contributed by atoms with Crippen LogP contribution in [0.2, 0.25) is 0 Å². The summed E-state index contributed by atoms with van der Waals surface area (Å²) < 4.78 is 5.91.